The van der Waals surface area contributed by atoms with Crippen LogP contribution >= 0.6 is 0 Å². The van der Waals surface area contributed by atoms with Gasteiger partial charge in [-0.15, -0.1) is 0 Å². The fourth-order valence-electron chi connectivity index (χ4n) is 2.56. The molecular formula is C15H12N2O. The lowest BCUT2D eigenvalue weighted by molar-refractivity contribution is 0.492. The number of hydrogen-bond acceptors (Lipinski definition) is 2. The third-order valence-electron chi connectivity index (χ3n) is 3.37. The number of nitrogens with one attached hydrogen (secondary N) is 1. The molecule has 1 aliphatic rings. The van der Waals surface area contributed by atoms with Gasteiger partial charge in [0, 0.05) is 6.20 Å². The van der Waals surface area contributed by atoms with E-state index in [2.05, 4.69) is 46.4 Å². The van der Waals surface area contributed by atoms with Gasteiger partial charge < -0.3 is 14.3 Å². The number of furan rings is 1. The number of benzene rings is 1. The lowest BCUT2D eigenvalue weighted by Gasteiger charge is -2.28. The van der Waals surface area contributed by atoms with Gasteiger partial charge in [-0.2, -0.15) is 0 Å². The molecule has 3 heteroatoms. The Kier molecular flexibility index (Phi) is 1.88. The molecule has 1 aliphatic heterocycles. The Hall–Kier alpha value is -2.42. The zero-order valence-corrected chi connectivity index (χ0v) is 9.71. The zero-order chi connectivity index (χ0) is 11.9. The van der Waals surface area contributed by atoms with Crippen LogP contribution in [0.2, 0.25) is 0 Å². The first kappa shape index (κ1) is 9.59. The van der Waals surface area contributed by atoms with Crippen LogP contribution in [0, 0.1) is 0 Å². The zero-order valence-electron chi connectivity index (χ0n) is 9.71. The molecule has 0 spiro atoms. The standard InChI is InChI=1S/C15H12N2O/c1-2-6-12-11(5-1)16-15(14-8-4-10-18-14)13-7-3-9-17(12)13/h1-10,15-16H. The maximum absolute atomic E-state index is 5.54. The molecule has 1 N–H and O–H groups in total. The number of rotatable bonds is 1. The monoisotopic (exact) mass is 236 g/mol. The molecule has 18 heavy (non-hydrogen) atoms. The van der Waals surface area contributed by atoms with Crippen LogP contribution in [0.5, 0.6) is 0 Å². The highest BCUT2D eigenvalue weighted by Gasteiger charge is 2.26. The van der Waals surface area contributed by atoms with Crippen molar-refractivity contribution in [2.24, 2.45) is 0 Å². The molecule has 3 aromatic rings. The molecular weight excluding hydrogens is 224 g/mol. The summed E-state index contributed by atoms with van der Waals surface area (Å²) in [5.74, 6) is 0.935. The summed E-state index contributed by atoms with van der Waals surface area (Å²) >= 11 is 0. The van der Waals surface area contributed by atoms with Crippen molar-refractivity contribution in [2.45, 2.75) is 6.04 Å². The van der Waals surface area contributed by atoms with Gasteiger partial charge >= 0.3 is 0 Å². The van der Waals surface area contributed by atoms with E-state index in [1.807, 2.05) is 18.2 Å². The molecule has 1 atom stereocenters. The van der Waals surface area contributed by atoms with Crippen molar-refractivity contribution in [1.29, 1.82) is 0 Å². The molecule has 0 saturated carbocycles. The summed E-state index contributed by atoms with van der Waals surface area (Å²) in [6, 6.07) is 16.5. The summed E-state index contributed by atoms with van der Waals surface area (Å²) < 4.78 is 7.75. The maximum atomic E-state index is 5.54. The molecule has 88 valence electrons. The van der Waals surface area contributed by atoms with Crippen molar-refractivity contribution in [1.82, 2.24) is 4.57 Å². The van der Waals surface area contributed by atoms with Crippen LogP contribution in [-0.2, 0) is 0 Å². The highest BCUT2D eigenvalue weighted by Crippen LogP contribution is 2.36. The summed E-state index contributed by atoms with van der Waals surface area (Å²) in [6.45, 7) is 0. The molecule has 0 radical (unpaired) electrons. The summed E-state index contributed by atoms with van der Waals surface area (Å²) in [5.41, 5.74) is 3.51. The van der Waals surface area contributed by atoms with Crippen LogP contribution in [0.25, 0.3) is 5.69 Å². The van der Waals surface area contributed by atoms with Gasteiger partial charge in [-0.3, -0.25) is 0 Å². The second-order valence-corrected chi connectivity index (χ2v) is 4.41. The first-order valence-corrected chi connectivity index (χ1v) is 6.00. The van der Waals surface area contributed by atoms with Crippen molar-refractivity contribution < 1.29 is 4.42 Å². The van der Waals surface area contributed by atoms with Crippen molar-refractivity contribution in [3.8, 4) is 5.69 Å². The van der Waals surface area contributed by atoms with E-state index < -0.39 is 0 Å². The first-order chi connectivity index (χ1) is 8.93. The predicted octanol–water partition coefficient (Wildman–Crippen LogP) is 3.59. The fourth-order valence-corrected chi connectivity index (χ4v) is 2.56. The molecule has 1 unspecified atom stereocenters. The van der Waals surface area contributed by atoms with Crippen LogP contribution in [0.3, 0.4) is 0 Å². The molecule has 3 nitrogen and oxygen atoms in total. The Labute approximate surface area is 105 Å². The molecule has 0 bridgehead atoms. The Morgan fingerprint density at radius 2 is 1.94 bits per heavy atom. The number of nitrogens with zero attached hydrogens (tertiary/aromatic N) is 1. The maximum Gasteiger partial charge on any atom is 0.132 e. The third kappa shape index (κ3) is 1.24. The Balaban J connectivity index is 1.93. The number of fused-ring (bicyclic) bond motifs is 3. The Morgan fingerprint density at radius 3 is 2.83 bits per heavy atom. The van der Waals surface area contributed by atoms with Gasteiger partial charge in [0.15, 0.2) is 0 Å². The van der Waals surface area contributed by atoms with Gasteiger partial charge in [-0.25, -0.2) is 0 Å². The van der Waals surface area contributed by atoms with Gasteiger partial charge in [0.2, 0.25) is 0 Å². The second kappa shape index (κ2) is 3.53. The van der Waals surface area contributed by atoms with Crippen molar-refractivity contribution >= 4 is 5.69 Å². The number of para-hydroxylation sites is 2. The van der Waals surface area contributed by atoms with Crippen molar-refractivity contribution in [3.63, 3.8) is 0 Å². The Bertz CT molecular complexity index is 682. The summed E-state index contributed by atoms with van der Waals surface area (Å²) in [7, 11) is 0. The second-order valence-electron chi connectivity index (χ2n) is 4.41. The van der Waals surface area contributed by atoms with Gasteiger partial charge in [0.05, 0.1) is 23.3 Å². The highest BCUT2D eigenvalue weighted by atomic mass is 16.3. The minimum Gasteiger partial charge on any atom is -0.467 e. The quantitative estimate of drug-likeness (QED) is 0.699. The van der Waals surface area contributed by atoms with E-state index in [9.17, 15) is 0 Å². The molecule has 3 heterocycles. The van der Waals surface area contributed by atoms with Crippen LogP contribution in [0.1, 0.15) is 17.5 Å². The topological polar surface area (TPSA) is 30.1 Å². The Morgan fingerprint density at radius 1 is 1.00 bits per heavy atom. The minimum atomic E-state index is 0.0740. The first-order valence-electron chi connectivity index (χ1n) is 6.00. The largest absolute Gasteiger partial charge is 0.467 e. The molecule has 4 rings (SSSR count). The van der Waals surface area contributed by atoms with E-state index in [1.54, 1.807) is 6.26 Å². The average molecular weight is 236 g/mol. The summed E-state index contributed by atoms with van der Waals surface area (Å²) in [5, 5.41) is 3.53. The van der Waals surface area contributed by atoms with Crippen LogP contribution < -0.4 is 5.32 Å². The van der Waals surface area contributed by atoms with E-state index in [4.69, 9.17) is 4.42 Å². The van der Waals surface area contributed by atoms with E-state index in [-0.39, 0.29) is 6.04 Å². The third-order valence-corrected chi connectivity index (χ3v) is 3.37. The minimum absolute atomic E-state index is 0.0740. The van der Waals surface area contributed by atoms with Crippen molar-refractivity contribution in [3.05, 3.63) is 72.4 Å². The van der Waals surface area contributed by atoms with Crippen molar-refractivity contribution in [2.75, 3.05) is 5.32 Å². The summed E-state index contributed by atoms with van der Waals surface area (Å²) in [4.78, 5) is 0. The number of hydrogen-bond donors (Lipinski definition) is 1. The van der Waals surface area contributed by atoms with E-state index in [0.717, 1.165) is 11.4 Å². The average Bonchev–Trinajstić information content (AvgIpc) is 3.09. The van der Waals surface area contributed by atoms with Crippen LogP contribution in [0.15, 0.2) is 65.4 Å². The van der Waals surface area contributed by atoms with E-state index in [0.29, 0.717) is 0 Å². The fraction of sp³-hybridized carbons (Fsp3) is 0.0667. The highest BCUT2D eigenvalue weighted by molar-refractivity contribution is 5.66. The van der Waals surface area contributed by atoms with Gasteiger partial charge in [0.1, 0.15) is 11.8 Å². The van der Waals surface area contributed by atoms with Gasteiger partial charge in [0.25, 0.3) is 0 Å². The van der Waals surface area contributed by atoms with E-state index >= 15 is 0 Å². The predicted molar refractivity (Wildman–Crippen MR) is 69.9 cm³/mol. The van der Waals surface area contributed by atoms with Gasteiger partial charge in [-0.05, 0) is 36.4 Å². The summed E-state index contributed by atoms with van der Waals surface area (Å²) in [6.07, 6.45) is 3.80. The molecule has 0 aliphatic carbocycles. The lowest BCUT2D eigenvalue weighted by Crippen LogP contribution is -2.21. The van der Waals surface area contributed by atoms with Crippen LogP contribution in [0.4, 0.5) is 5.69 Å². The number of anilines is 1. The normalized spacial score (nSPS) is 16.8. The molecule has 0 amide bonds. The smallest absolute Gasteiger partial charge is 0.132 e. The van der Waals surface area contributed by atoms with E-state index in [1.165, 1.54) is 11.4 Å². The van der Waals surface area contributed by atoms with Crippen LogP contribution in [-0.4, -0.2) is 4.57 Å². The molecule has 0 saturated heterocycles. The number of aromatic nitrogens is 1. The molecule has 2 aromatic heterocycles. The molecule has 0 fully saturated rings. The van der Waals surface area contributed by atoms with Gasteiger partial charge in [-0.1, -0.05) is 12.1 Å². The SMILES string of the molecule is c1coc(C2Nc3ccccc3-n3cccc32)c1. The lowest BCUT2D eigenvalue weighted by atomic mass is 10.1. The molecule has 1 aromatic carbocycles.